The van der Waals surface area contributed by atoms with Crippen LogP contribution < -0.4 is 0 Å². The van der Waals surface area contributed by atoms with Crippen molar-refractivity contribution in [1.29, 1.82) is 0 Å². The lowest BCUT2D eigenvalue weighted by molar-refractivity contribution is -0.144. The molecule has 2 saturated carbocycles. The lowest BCUT2D eigenvalue weighted by Crippen LogP contribution is -2.50. The molecule has 1 saturated heterocycles. The van der Waals surface area contributed by atoms with E-state index in [1.165, 1.54) is 6.07 Å². The summed E-state index contributed by atoms with van der Waals surface area (Å²) in [7, 11) is 0. The number of allylic oxidation sites excluding steroid dienone is 1. The maximum absolute atomic E-state index is 14.0. The normalized spacial score (nSPS) is 32.6. The van der Waals surface area contributed by atoms with Gasteiger partial charge in [-0.25, -0.2) is 0 Å². The summed E-state index contributed by atoms with van der Waals surface area (Å²) in [5.74, 6) is 0.468. The van der Waals surface area contributed by atoms with E-state index in [4.69, 9.17) is 0 Å². The van der Waals surface area contributed by atoms with E-state index >= 15 is 0 Å². The molecule has 6 rings (SSSR count). The first-order valence-corrected chi connectivity index (χ1v) is 13.5. The molecule has 3 aliphatic heterocycles. The van der Waals surface area contributed by atoms with Crippen LogP contribution in [-0.2, 0) is 23.9 Å². The zero-order valence-corrected chi connectivity index (χ0v) is 20.9. The molecule has 10 heteroatoms. The van der Waals surface area contributed by atoms with Crippen LogP contribution in [0.1, 0.15) is 61.8 Å². The Morgan fingerprint density at radius 1 is 1.14 bits per heavy atom. The lowest BCUT2D eigenvalue weighted by atomic mass is 9.78. The molecule has 0 bridgehead atoms. The van der Waals surface area contributed by atoms with Crippen molar-refractivity contribution in [3.8, 4) is 0 Å². The Kier molecular flexibility index (Phi) is 6.30. The van der Waals surface area contributed by atoms with Gasteiger partial charge in [-0.15, -0.1) is 0 Å². The first kappa shape index (κ1) is 24.9. The molecule has 200 valence electrons. The van der Waals surface area contributed by atoms with Crippen molar-refractivity contribution in [1.82, 2.24) is 19.8 Å². The number of hydrazone groups is 1. The molecule has 1 aromatic heterocycles. The Morgan fingerprint density at radius 2 is 1.95 bits per heavy atom. The highest BCUT2D eigenvalue weighted by atomic mass is 19.4. The molecular formula is C27H34F3N5O2. The predicted octanol–water partition coefficient (Wildman–Crippen LogP) is 3.57. The van der Waals surface area contributed by atoms with Crippen LogP contribution in [0.15, 0.2) is 29.5 Å². The zero-order valence-electron chi connectivity index (χ0n) is 20.9. The Bertz CT molecular complexity index is 1100. The van der Waals surface area contributed by atoms with Crippen molar-refractivity contribution in [2.45, 2.75) is 82.4 Å². The maximum atomic E-state index is 14.0. The standard InChI is InChI=1S/C27H34F3N5O2/c28-27(29,30)20-13-18-17-34(12-7-23(18)31-16-20)25(37)26-8-1-3-19(26)14-22(15-26)33-10-5-21(6-11-33)35-24(36)4-2-9-32-35/h2,4,9,13,16,19,21-22,24,36H,1,3,5-8,10-12,14-15,17H2/t19-,22+,24?,26-/m1/s1. The first-order valence-electron chi connectivity index (χ1n) is 13.5. The van der Waals surface area contributed by atoms with Crippen LogP contribution in [0.25, 0.3) is 0 Å². The number of rotatable bonds is 3. The minimum absolute atomic E-state index is 0.132. The van der Waals surface area contributed by atoms with Gasteiger partial charge < -0.3 is 14.9 Å². The summed E-state index contributed by atoms with van der Waals surface area (Å²) in [5, 5.41) is 16.4. The van der Waals surface area contributed by atoms with Gasteiger partial charge in [0.2, 0.25) is 5.91 Å². The third kappa shape index (κ3) is 4.46. The molecule has 4 heterocycles. The van der Waals surface area contributed by atoms with Crippen molar-refractivity contribution in [3.63, 3.8) is 0 Å². The summed E-state index contributed by atoms with van der Waals surface area (Å²) < 4.78 is 39.8. The summed E-state index contributed by atoms with van der Waals surface area (Å²) in [6.07, 6.45) is 8.13. The van der Waals surface area contributed by atoms with E-state index in [1.807, 2.05) is 0 Å². The highest BCUT2D eigenvalue weighted by molar-refractivity contribution is 5.84. The van der Waals surface area contributed by atoms with Crippen LogP contribution >= 0.6 is 0 Å². The SMILES string of the molecule is O=C(N1CCc2ncc(C(F)(F)F)cc2C1)[C@@]12CCC[C@@H]1C[C@H](N1CCC(N3N=CC=CC3O)CC1)C2. The molecular weight excluding hydrogens is 483 g/mol. The van der Waals surface area contributed by atoms with Gasteiger partial charge in [-0.05, 0) is 68.2 Å². The van der Waals surface area contributed by atoms with Crippen molar-refractivity contribution in [3.05, 3.63) is 41.2 Å². The van der Waals surface area contributed by atoms with Gasteiger partial charge in [-0.3, -0.25) is 14.8 Å². The molecule has 1 N–H and O–H groups in total. The van der Waals surface area contributed by atoms with Crippen LogP contribution in [0.5, 0.6) is 0 Å². The smallest absolute Gasteiger partial charge is 0.369 e. The number of aliphatic hydroxyl groups is 1. The number of likely N-dealkylation sites (tertiary alicyclic amines) is 1. The van der Waals surface area contributed by atoms with Crippen molar-refractivity contribution in [2.75, 3.05) is 19.6 Å². The van der Waals surface area contributed by atoms with Crippen LogP contribution in [0.3, 0.4) is 0 Å². The van der Waals surface area contributed by atoms with Gasteiger partial charge in [-0.1, -0.05) is 6.42 Å². The van der Waals surface area contributed by atoms with E-state index in [2.05, 4.69) is 15.0 Å². The third-order valence-corrected chi connectivity index (χ3v) is 9.42. The van der Waals surface area contributed by atoms with E-state index < -0.39 is 23.4 Å². The molecule has 0 radical (unpaired) electrons. The van der Waals surface area contributed by atoms with Gasteiger partial charge in [-0.2, -0.15) is 18.3 Å². The van der Waals surface area contributed by atoms with E-state index in [0.29, 0.717) is 36.2 Å². The molecule has 5 aliphatic rings. The van der Waals surface area contributed by atoms with Crippen LogP contribution in [-0.4, -0.2) is 75.0 Å². The summed E-state index contributed by atoms with van der Waals surface area (Å²) >= 11 is 0. The minimum atomic E-state index is -4.44. The number of halogens is 3. The largest absolute Gasteiger partial charge is 0.417 e. The second-order valence-electron chi connectivity index (χ2n) is 11.4. The quantitative estimate of drug-likeness (QED) is 0.664. The monoisotopic (exact) mass is 517 g/mol. The topological polar surface area (TPSA) is 72.3 Å². The zero-order chi connectivity index (χ0) is 25.8. The summed E-state index contributed by atoms with van der Waals surface area (Å²) in [5.41, 5.74) is 0.0463. The molecule has 1 aromatic rings. The third-order valence-electron chi connectivity index (χ3n) is 9.42. The molecule has 0 aromatic carbocycles. The van der Waals surface area contributed by atoms with Crippen LogP contribution in [0.4, 0.5) is 13.2 Å². The molecule has 0 spiro atoms. The van der Waals surface area contributed by atoms with Crippen LogP contribution in [0.2, 0.25) is 0 Å². The van der Waals surface area contributed by atoms with Gasteiger partial charge in [0.25, 0.3) is 0 Å². The number of amides is 1. The molecule has 37 heavy (non-hydrogen) atoms. The number of carbonyl (C=O) groups is 1. The van der Waals surface area contributed by atoms with Gasteiger partial charge in [0, 0.05) is 56.7 Å². The van der Waals surface area contributed by atoms with Gasteiger partial charge in [0.1, 0.15) is 0 Å². The summed E-state index contributed by atoms with van der Waals surface area (Å²) in [6, 6.07) is 1.72. The number of nitrogens with zero attached hydrogens (tertiary/aromatic N) is 5. The highest BCUT2D eigenvalue weighted by Crippen LogP contribution is 2.56. The highest BCUT2D eigenvalue weighted by Gasteiger charge is 2.57. The first-order chi connectivity index (χ1) is 17.7. The Morgan fingerprint density at radius 3 is 2.70 bits per heavy atom. The van der Waals surface area contributed by atoms with Gasteiger partial charge in [0.05, 0.1) is 17.0 Å². The number of alkyl halides is 3. The van der Waals surface area contributed by atoms with Crippen molar-refractivity contribution in [2.24, 2.45) is 16.4 Å². The predicted molar refractivity (Wildman–Crippen MR) is 131 cm³/mol. The number of hydrogen-bond acceptors (Lipinski definition) is 6. The van der Waals surface area contributed by atoms with E-state index in [1.54, 1.807) is 28.3 Å². The Labute approximate surface area is 215 Å². The lowest BCUT2D eigenvalue weighted by Gasteiger charge is -2.41. The van der Waals surface area contributed by atoms with Crippen molar-refractivity contribution >= 4 is 12.1 Å². The number of hydrogen-bond donors (Lipinski definition) is 1. The molecule has 1 amide bonds. The Balaban J connectivity index is 1.13. The van der Waals surface area contributed by atoms with E-state index in [9.17, 15) is 23.1 Å². The number of aromatic nitrogens is 1. The van der Waals surface area contributed by atoms with Gasteiger partial charge in [0.15, 0.2) is 6.23 Å². The fourth-order valence-electron chi connectivity index (χ4n) is 7.55. The second-order valence-corrected chi connectivity index (χ2v) is 11.4. The summed E-state index contributed by atoms with van der Waals surface area (Å²) in [6.45, 7) is 2.56. The minimum Gasteiger partial charge on any atom is -0.369 e. The number of aliphatic hydroxyl groups excluding tert-OH is 1. The van der Waals surface area contributed by atoms with Gasteiger partial charge >= 0.3 is 6.18 Å². The summed E-state index contributed by atoms with van der Waals surface area (Å²) in [4.78, 5) is 22.4. The molecule has 2 aliphatic carbocycles. The number of pyridine rings is 1. The number of piperidine rings is 1. The fourth-order valence-corrected chi connectivity index (χ4v) is 7.55. The van der Waals surface area contributed by atoms with E-state index in [-0.39, 0.29) is 18.5 Å². The average molecular weight is 518 g/mol. The second kappa shape index (κ2) is 9.38. The van der Waals surface area contributed by atoms with Crippen LogP contribution in [0, 0.1) is 11.3 Å². The molecule has 3 fully saturated rings. The molecule has 4 atom stereocenters. The number of fused-ring (bicyclic) bond motifs is 2. The van der Waals surface area contributed by atoms with Crippen molar-refractivity contribution < 1.29 is 23.1 Å². The molecule has 1 unspecified atom stereocenters. The number of carbonyl (C=O) groups excluding carboxylic acids is 1. The fraction of sp³-hybridized carbons (Fsp3) is 0.667. The Hall–Kier alpha value is -2.46. The average Bonchev–Trinajstić information content (AvgIpc) is 3.46. The van der Waals surface area contributed by atoms with E-state index in [0.717, 1.165) is 64.2 Å². The molecule has 7 nitrogen and oxygen atoms in total. The maximum Gasteiger partial charge on any atom is 0.417 e.